The predicted molar refractivity (Wildman–Crippen MR) is 117 cm³/mol. The lowest BCUT2D eigenvalue weighted by molar-refractivity contribution is 0.369. The van der Waals surface area contributed by atoms with E-state index in [1.54, 1.807) is 0 Å². The van der Waals surface area contributed by atoms with Crippen molar-refractivity contribution in [3.05, 3.63) is 53.2 Å². The van der Waals surface area contributed by atoms with Gasteiger partial charge in [-0.1, -0.05) is 24.6 Å². The number of hydrogen-bond acceptors (Lipinski definition) is 5. The molecule has 158 valence electrons. The molecule has 3 aromatic rings. The van der Waals surface area contributed by atoms with Gasteiger partial charge in [0.15, 0.2) is 5.82 Å². The van der Waals surface area contributed by atoms with Crippen molar-refractivity contribution >= 4 is 5.82 Å². The van der Waals surface area contributed by atoms with E-state index in [-0.39, 0.29) is 6.04 Å². The Labute approximate surface area is 182 Å². The number of aryl methyl sites for hydroxylation is 2. The molecule has 2 unspecified atom stereocenters. The van der Waals surface area contributed by atoms with E-state index in [1.807, 2.05) is 18.2 Å². The Morgan fingerprint density at radius 1 is 1.06 bits per heavy atom. The second-order valence-corrected chi connectivity index (χ2v) is 9.15. The van der Waals surface area contributed by atoms with E-state index in [2.05, 4.69) is 49.5 Å². The van der Waals surface area contributed by atoms with Crippen molar-refractivity contribution in [3.63, 3.8) is 0 Å². The first-order chi connectivity index (χ1) is 15.2. The van der Waals surface area contributed by atoms with Gasteiger partial charge in [0.1, 0.15) is 17.1 Å². The Balaban J connectivity index is 1.54. The van der Waals surface area contributed by atoms with Crippen LogP contribution in [0.15, 0.2) is 30.3 Å². The molecule has 5 heterocycles. The van der Waals surface area contributed by atoms with Gasteiger partial charge in [-0.05, 0) is 44.7 Å². The lowest BCUT2D eigenvalue weighted by atomic mass is 9.72. The Morgan fingerprint density at radius 3 is 2.77 bits per heavy atom. The summed E-state index contributed by atoms with van der Waals surface area (Å²) in [6, 6.07) is 13.2. The molecule has 1 saturated heterocycles. The highest BCUT2D eigenvalue weighted by molar-refractivity contribution is 5.62. The smallest absolute Gasteiger partial charge is 0.156 e. The zero-order valence-corrected chi connectivity index (χ0v) is 18.0. The molecule has 7 nitrogen and oxygen atoms in total. The van der Waals surface area contributed by atoms with Gasteiger partial charge in [-0.25, -0.2) is 4.68 Å². The number of fused-ring (bicyclic) bond motifs is 4. The summed E-state index contributed by atoms with van der Waals surface area (Å²) in [6.07, 6.45) is 7.17. The fraction of sp³-hybridized carbons (Fsp3) is 0.500. The van der Waals surface area contributed by atoms with E-state index in [9.17, 15) is 5.26 Å². The molecule has 1 fully saturated rings. The second-order valence-electron chi connectivity index (χ2n) is 9.15. The van der Waals surface area contributed by atoms with Crippen LogP contribution < -0.4 is 4.90 Å². The quantitative estimate of drug-likeness (QED) is 0.643. The van der Waals surface area contributed by atoms with Crippen molar-refractivity contribution in [1.82, 2.24) is 24.5 Å². The van der Waals surface area contributed by atoms with Crippen LogP contribution in [0.1, 0.15) is 55.0 Å². The molecule has 2 aromatic heterocycles. The number of nitriles is 1. The first-order valence-electron chi connectivity index (χ1n) is 11.5. The van der Waals surface area contributed by atoms with Crippen molar-refractivity contribution in [3.8, 4) is 11.8 Å². The third-order valence-electron chi connectivity index (χ3n) is 7.42. The summed E-state index contributed by atoms with van der Waals surface area (Å²) in [5.74, 6) is 3.09. The highest BCUT2D eigenvalue weighted by atomic mass is 15.4. The number of nitrogens with zero attached hydrogens (tertiary/aromatic N) is 7. The molecule has 0 aliphatic carbocycles. The largest absolute Gasteiger partial charge is 0.351 e. The maximum Gasteiger partial charge on any atom is 0.156 e. The van der Waals surface area contributed by atoms with Gasteiger partial charge in [-0.2, -0.15) is 10.4 Å². The molecule has 0 saturated carbocycles. The number of para-hydroxylation sites is 1. The monoisotopic (exact) mass is 413 g/mol. The van der Waals surface area contributed by atoms with Crippen LogP contribution in [0.25, 0.3) is 5.69 Å². The van der Waals surface area contributed by atoms with Crippen molar-refractivity contribution in [2.75, 3.05) is 11.4 Å². The molecule has 6 rings (SSSR count). The van der Waals surface area contributed by atoms with Crippen LogP contribution in [0.2, 0.25) is 0 Å². The minimum atomic E-state index is -0.686. The Morgan fingerprint density at radius 2 is 1.94 bits per heavy atom. The van der Waals surface area contributed by atoms with Gasteiger partial charge in [-0.3, -0.25) is 0 Å². The van der Waals surface area contributed by atoms with Crippen molar-refractivity contribution < 1.29 is 0 Å². The molecule has 0 spiro atoms. The molecule has 0 bridgehead atoms. The van der Waals surface area contributed by atoms with Gasteiger partial charge < -0.3 is 9.47 Å². The molecule has 0 amide bonds. The first-order valence-corrected chi connectivity index (χ1v) is 11.5. The zero-order chi connectivity index (χ0) is 21.0. The fourth-order valence-corrected chi connectivity index (χ4v) is 5.93. The zero-order valence-electron chi connectivity index (χ0n) is 18.0. The van der Waals surface area contributed by atoms with Gasteiger partial charge in [0.2, 0.25) is 0 Å². The van der Waals surface area contributed by atoms with Crippen LogP contribution in [0.4, 0.5) is 5.82 Å². The van der Waals surface area contributed by atoms with Gasteiger partial charge >= 0.3 is 0 Å². The third-order valence-corrected chi connectivity index (χ3v) is 7.42. The molecule has 31 heavy (non-hydrogen) atoms. The summed E-state index contributed by atoms with van der Waals surface area (Å²) >= 11 is 0. The predicted octanol–water partition coefficient (Wildman–Crippen LogP) is 3.49. The summed E-state index contributed by atoms with van der Waals surface area (Å²) < 4.78 is 4.35. The maximum atomic E-state index is 10.7. The maximum absolute atomic E-state index is 10.7. The molecule has 3 aliphatic rings. The normalized spacial score (nSPS) is 24.8. The van der Waals surface area contributed by atoms with Crippen LogP contribution in [-0.2, 0) is 24.8 Å². The molecule has 2 atom stereocenters. The minimum absolute atomic E-state index is 0.0973. The summed E-state index contributed by atoms with van der Waals surface area (Å²) in [7, 11) is 0. The van der Waals surface area contributed by atoms with Crippen molar-refractivity contribution in [2.24, 2.45) is 0 Å². The number of benzene rings is 1. The molecule has 1 aromatic carbocycles. The third kappa shape index (κ3) is 2.60. The Hall–Kier alpha value is -3.14. The first kappa shape index (κ1) is 18.6. The van der Waals surface area contributed by atoms with Gasteiger partial charge in [0.25, 0.3) is 0 Å². The Bertz CT molecular complexity index is 1170. The summed E-state index contributed by atoms with van der Waals surface area (Å²) in [4.78, 5) is 2.44. The van der Waals surface area contributed by atoms with E-state index in [0.29, 0.717) is 6.42 Å². The van der Waals surface area contributed by atoms with Crippen LogP contribution in [0.3, 0.4) is 0 Å². The molecule has 0 radical (unpaired) electrons. The van der Waals surface area contributed by atoms with Crippen molar-refractivity contribution in [2.45, 2.75) is 69.9 Å². The fourth-order valence-electron chi connectivity index (χ4n) is 5.93. The number of anilines is 1. The molecule has 3 aliphatic heterocycles. The summed E-state index contributed by atoms with van der Waals surface area (Å²) in [6.45, 7) is 3.93. The standard InChI is InChI=1S/C24H27N7/c1-17-19-15-24(16-25,23-27-26-21-12-6-3-7-13-30(21)23)20-11-8-14-29(20)22(19)31(28-17)18-9-4-2-5-10-18/h2,4-5,9-10,20H,3,6-8,11-15H2,1H3. The van der Waals surface area contributed by atoms with Crippen molar-refractivity contribution in [1.29, 1.82) is 5.26 Å². The van der Waals surface area contributed by atoms with Crippen LogP contribution in [0, 0.1) is 18.3 Å². The van der Waals surface area contributed by atoms with Crippen LogP contribution >= 0.6 is 0 Å². The highest BCUT2D eigenvalue weighted by Gasteiger charge is 2.55. The average molecular weight is 414 g/mol. The molecular formula is C24H27N7. The van der Waals surface area contributed by atoms with Gasteiger partial charge in [0.05, 0.1) is 23.5 Å². The molecular weight excluding hydrogens is 386 g/mol. The summed E-state index contributed by atoms with van der Waals surface area (Å²) in [5, 5.41) is 24.8. The van der Waals surface area contributed by atoms with Gasteiger partial charge in [0, 0.05) is 31.5 Å². The molecule has 7 heteroatoms. The number of aromatic nitrogens is 5. The minimum Gasteiger partial charge on any atom is -0.351 e. The number of hydrogen-bond donors (Lipinski definition) is 0. The topological polar surface area (TPSA) is 75.6 Å². The van der Waals surface area contributed by atoms with E-state index < -0.39 is 5.41 Å². The highest BCUT2D eigenvalue weighted by Crippen LogP contribution is 2.48. The van der Waals surface area contributed by atoms with E-state index in [4.69, 9.17) is 5.10 Å². The lowest BCUT2D eigenvalue weighted by Crippen LogP contribution is -2.53. The summed E-state index contributed by atoms with van der Waals surface area (Å²) in [5.41, 5.74) is 2.56. The van der Waals surface area contributed by atoms with Crippen LogP contribution in [0.5, 0.6) is 0 Å². The van der Waals surface area contributed by atoms with E-state index >= 15 is 0 Å². The SMILES string of the molecule is Cc1nn(-c2ccccc2)c2c1CC(C#N)(c1nnc3n1CCCCC3)C1CCCN21. The number of rotatable bonds is 2. The lowest BCUT2D eigenvalue weighted by Gasteiger charge is -2.43. The van der Waals surface area contributed by atoms with Crippen LogP contribution in [-0.4, -0.2) is 37.1 Å². The van der Waals surface area contributed by atoms with E-state index in [1.165, 1.54) is 12.0 Å². The average Bonchev–Trinajstić information content (AvgIpc) is 3.48. The molecule has 0 N–H and O–H groups in total. The Kier molecular flexibility index (Phi) is 4.17. The second kappa shape index (κ2) is 6.94. The van der Waals surface area contributed by atoms with E-state index in [0.717, 1.165) is 74.0 Å². The van der Waals surface area contributed by atoms with Gasteiger partial charge in [-0.15, -0.1) is 10.2 Å².